The summed E-state index contributed by atoms with van der Waals surface area (Å²) in [5.74, 6) is 0. The molecule has 1 aliphatic rings. The Hall–Kier alpha value is -2.13. The summed E-state index contributed by atoms with van der Waals surface area (Å²) >= 11 is 0. The van der Waals surface area contributed by atoms with E-state index in [-0.39, 0.29) is 11.7 Å². The summed E-state index contributed by atoms with van der Waals surface area (Å²) in [7, 11) is 2.02. The quantitative estimate of drug-likeness (QED) is 0.646. The molecule has 1 heterocycles. The number of hydrogen-bond acceptors (Lipinski definition) is 5. The molecule has 18 heavy (non-hydrogen) atoms. The van der Waals surface area contributed by atoms with Gasteiger partial charge in [0.25, 0.3) is 5.69 Å². The van der Waals surface area contributed by atoms with Gasteiger partial charge in [0.05, 0.1) is 16.6 Å². The number of likely N-dealkylation sites (N-methyl/N-ethyl adjacent to an activating group) is 1. The van der Waals surface area contributed by atoms with Gasteiger partial charge in [-0.3, -0.25) is 10.1 Å². The molecule has 0 spiro atoms. The zero-order valence-electron chi connectivity index (χ0n) is 10.1. The minimum Gasteiger partial charge on any atom is -0.375 e. The van der Waals surface area contributed by atoms with E-state index in [9.17, 15) is 10.1 Å². The molecule has 94 valence electrons. The van der Waals surface area contributed by atoms with E-state index in [2.05, 4.69) is 10.2 Å². The Morgan fingerprint density at radius 1 is 1.61 bits per heavy atom. The molecule has 0 amide bonds. The summed E-state index contributed by atoms with van der Waals surface area (Å²) in [5, 5.41) is 22.9. The maximum absolute atomic E-state index is 11.0. The smallest absolute Gasteiger partial charge is 0.293 e. The van der Waals surface area contributed by atoms with E-state index < -0.39 is 4.92 Å². The molecule has 1 aromatic rings. The van der Waals surface area contributed by atoms with Gasteiger partial charge in [-0.2, -0.15) is 5.26 Å². The molecule has 1 unspecified atom stereocenters. The SMILES string of the molecule is CN1CCC(Nc2ccc(C#N)cc2[N+](=O)[O-])C1. The van der Waals surface area contributed by atoms with E-state index in [0.29, 0.717) is 11.3 Å². The minimum atomic E-state index is -0.457. The largest absolute Gasteiger partial charge is 0.375 e. The van der Waals surface area contributed by atoms with Crippen LogP contribution in [0.2, 0.25) is 0 Å². The molecular weight excluding hydrogens is 232 g/mol. The summed E-state index contributed by atoms with van der Waals surface area (Å²) in [6.07, 6.45) is 0.966. The van der Waals surface area contributed by atoms with Gasteiger partial charge >= 0.3 is 0 Å². The summed E-state index contributed by atoms with van der Waals surface area (Å²) in [5.41, 5.74) is 0.749. The number of rotatable bonds is 3. The van der Waals surface area contributed by atoms with E-state index in [1.54, 1.807) is 12.1 Å². The highest BCUT2D eigenvalue weighted by Crippen LogP contribution is 2.27. The Balaban J connectivity index is 2.22. The standard InChI is InChI=1S/C12H14N4O2/c1-15-5-4-10(8-15)14-11-3-2-9(7-13)6-12(11)16(17)18/h2-3,6,10,14H,4-5,8H2,1H3. The second kappa shape index (κ2) is 5.02. The predicted octanol–water partition coefficient (Wildman–Crippen LogP) is 1.58. The highest BCUT2D eigenvalue weighted by Gasteiger charge is 2.22. The number of nitro benzene ring substituents is 1. The summed E-state index contributed by atoms with van der Waals surface area (Å²) < 4.78 is 0. The number of anilines is 1. The second-order valence-corrected chi connectivity index (χ2v) is 4.49. The van der Waals surface area contributed by atoms with Crippen LogP contribution in [-0.4, -0.2) is 36.0 Å². The third-order valence-corrected chi connectivity index (χ3v) is 3.07. The van der Waals surface area contributed by atoms with Crippen molar-refractivity contribution in [1.29, 1.82) is 5.26 Å². The van der Waals surface area contributed by atoms with Crippen LogP contribution in [0, 0.1) is 21.4 Å². The van der Waals surface area contributed by atoms with Gasteiger partial charge in [-0.25, -0.2) is 0 Å². The maximum atomic E-state index is 11.0. The van der Waals surface area contributed by atoms with Crippen LogP contribution in [0.3, 0.4) is 0 Å². The van der Waals surface area contributed by atoms with Crippen LogP contribution in [0.4, 0.5) is 11.4 Å². The van der Waals surface area contributed by atoms with Gasteiger partial charge in [-0.1, -0.05) is 0 Å². The number of nitrogens with zero attached hydrogens (tertiary/aromatic N) is 3. The van der Waals surface area contributed by atoms with Crippen molar-refractivity contribution in [1.82, 2.24) is 4.90 Å². The molecule has 6 nitrogen and oxygen atoms in total. The number of likely N-dealkylation sites (tertiary alicyclic amines) is 1. The first-order chi connectivity index (χ1) is 8.60. The van der Waals surface area contributed by atoms with Gasteiger partial charge in [-0.15, -0.1) is 0 Å². The Morgan fingerprint density at radius 2 is 2.39 bits per heavy atom. The van der Waals surface area contributed by atoms with Crippen LogP contribution >= 0.6 is 0 Å². The van der Waals surface area contributed by atoms with Crippen LogP contribution in [0.1, 0.15) is 12.0 Å². The molecule has 0 saturated carbocycles. The fourth-order valence-electron chi connectivity index (χ4n) is 2.15. The van der Waals surface area contributed by atoms with Crippen LogP contribution < -0.4 is 5.32 Å². The average Bonchev–Trinajstić information content (AvgIpc) is 2.75. The highest BCUT2D eigenvalue weighted by atomic mass is 16.6. The molecule has 1 N–H and O–H groups in total. The lowest BCUT2D eigenvalue weighted by molar-refractivity contribution is -0.384. The molecule has 1 saturated heterocycles. The monoisotopic (exact) mass is 246 g/mol. The average molecular weight is 246 g/mol. The molecular formula is C12H14N4O2. The Labute approximate surface area is 105 Å². The lowest BCUT2D eigenvalue weighted by Crippen LogP contribution is -2.23. The molecule has 0 radical (unpaired) electrons. The van der Waals surface area contributed by atoms with Crippen molar-refractivity contribution in [2.45, 2.75) is 12.5 Å². The first-order valence-electron chi connectivity index (χ1n) is 5.74. The van der Waals surface area contributed by atoms with Crippen LogP contribution in [0.5, 0.6) is 0 Å². The van der Waals surface area contributed by atoms with Crippen molar-refractivity contribution >= 4 is 11.4 Å². The number of nitrogens with one attached hydrogen (secondary N) is 1. The second-order valence-electron chi connectivity index (χ2n) is 4.49. The zero-order valence-corrected chi connectivity index (χ0v) is 10.1. The molecule has 0 aromatic heterocycles. The van der Waals surface area contributed by atoms with Gasteiger partial charge in [-0.05, 0) is 32.1 Å². The van der Waals surface area contributed by atoms with Crippen LogP contribution in [0.15, 0.2) is 18.2 Å². The van der Waals surface area contributed by atoms with Crippen LogP contribution in [0.25, 0.3) is 0 Å². The van der Waals surface area contributed by atoms with Gasteiger partial charge in [0, 0.05) is 18.7 Å². The summed E-state index contributed by atoms with van der Waals surface area (Å²) in [6.45, 7) is 1.86. The molecule has 1 aliphatic heterocycles. The summed E-state index contributed by atoms with van der Waals surface area (Å²) in [4.78, 5) is 12.7. The van der Waals surface area contributed by atoms with E-state index in [1.807, 2.05) is 13.1 Å². The van der Waals surface area contributed by atoms with Gasteiger partial charge < -0.3 is 10.2 Å². The summed E-state index contributed by atoms with van der Waals surface area (Å²) in [6, 6.07) is 6.64. The topological polar surface area (TPSA) is 82.2 Å². The Bertz CT molecular complexity index is 509. The molecule has 1 atom stereocenters. The fourth-order valence-corrected chi connectivity index (χ4v) is 2.15. The molecule has 0 bridgehead atoms. The third kappa shape index (κ3) is 2.57. The van der Waals surface area contributed by atoms with Gasteiger partial charge in [0.2, 0.25) is 0 Å². The van der Waals surface area contributed by atoms with E-state index in [4.69, 9.17) is 5.26 Å². The van der Waals surface area contributed by atoms with Crippen molar-refractivity contribution in [3.8, 4) is 6.07 Å². The fraction of sp³-hybridized carbons (Fsp3) is 0.417. The van der Waals surface area contributed by atoms with Crippen molar-refractivity contribution in [2.75, 3.05) is 25.5 Å². The van der Waals surface area contributed by atoms with Crippen LogP contribution in [-0.2, 0) is 0 Å². The van der Waals surface area contributed by atoms with E-state index >= 15 is 0 Å². The van der Waals surface area contributed by atoms with Gasteiger partial charge in [0.1, 0.15) is 5.69 Å². The molecule has 6 heteroatoms. The van der Waals surface area contributed by atoms with Crippen molar-refractivity contribution in [3.63, 3.8) is 0 Å². The number of nitro groups is 1. The van der Waals surface area contributed by atoms with Crippen molar-refractivity contribution in [2.24, 2.45) is 0 Å². The number of benzene rings is 1. The molecule has 2 rings (SSSR count). The third-order valence-electron chi connectivity index (χ3n) is 3.07. The Kier molecular flexibility index (Phi) is 3.44. The maximum Gasteiger partial charge on any atom is 0.293 e. The van der Waals surface area contributed by atoms with Crippen molar-refractivity contribution in [3.05, 3.63) is 33.9 Å². The zero-order chi connectivity index (χ0) is 13.1. The predicted molar refractivity (Wildman–Crippen MR) is 67.3 cm³/mol. The highest BCUT2D eigenvalue weighted by molar-refractivity contribution is 5.64. The minimum absolute atomic E-state index is 0.0383. The lowest BCUT2D eigenvalue weighted by atomic mass is 10.1. The normalized spacial score (nSPS) is 19.4. The molecule has 0 aliphatic carbocycles. The number of hydrogen-bond donors (Lipinski definition) is 1. The van der Waals surface area contributed by atoms with Crippen molar-refractivity contribution < 1.29 is 4.92 Å². The first kappa shape index (κ1) is 12.3. The molecule has 1 aromatic carbocycles. The van der Waals surface area contributed by atoms with Gasteiger partial charge in [0.15, 0.2) is 0 Å². The first-order valence-corrected chi connectivity index (χ1v) is 5.74. The van der Waals surface area contributed by atoms with E-state index in [0.717, 1.165) is 19.5 Å². The number of nitriles is 1. The van der Waals surface area contributed by atoms with E-state index in [1.165, 1.54) is 6.07 Å². The molecule has 1 fully saturated rings. The lowest BCUT2D eigenvalue weighted by Gasteiger charge is -2.14. The Morgan fingerprint density at radius 3 is 2.94 bits per heavy atom.